The lowest BCUT2D eigenvalue weighted by Crippen LogP contribution is -2.20. The average molecular weight is 229 g/mol. The van der Waals surface area contributed by atoms with Crippen LogP contribution in [0.3, 0.4) is 0 Å². The van der Waals surface area contributed by atoms with E-state index in [2.05, 4.69) is 4.72 Å². The summed E-state index contributed by atoms with van der Waals surface area (Å²) in [5.41, 5.74) is 1.68. The molecule has 1 aromatic rings. The number of methoxy groups -OCH3 is 1. The molecule has 84 valence electrons. The van der Waals surface area contributed by atoms with E-state index in [0.29, 0.717) is 0 Å². The molecule has 1 N–H and O–H groups in total. The Hall–Kier alpha value is -1.07. The molecule has 0 bridgehead atoms. The van der Waals surface area contributed by atoms with Crippen LogP contribution in [0.4, 0.5) is 0 Å². The van der Waals surface area contributed by atoms with E-state index in [-0.39, 0.29) is 5.75 Å². The number of benzene rings is 1. The Balaban J connectivity index is 2.94. The largest absolute Gasteiger partial charge is 0.496 e. The van der Waals surface area contributed by atoms with E-state index in [1.165, 1.54) is 7.05 Å². The van der Waals surface area contributed by atoms with E-state index in [1.807, 2.05) is 13.0 Å². The number of nitrogens with one attached hydrogen (secondary N) is 1. The van der Waals surface area contributed by atoms with Gasteiger partial charge in [0.2, 0.25) is 10.0 Å². The van der Waals surface area contributed by atoms with Gasteiger partial charge in [0.15, 0.2) is 0 Å². The number of ether oxygens (including phenoxy) is 1. The number of rotatable bonds is 4. The zero-order valence-electron chi connectivity index (χ0n) is 9.07. The van der Waals surface area contributed by atoms with Crippen molar-refractivity contribution < 1.29 is 13.2 Å². The fraction of sp³-hybridized carbons (Fsp3) is 0.400. The van der Waals surface area contributed by atoms with E-state index in [4.69, 9.17) is 4.74 Å². The fourth-order valence-corrected chi connectivity index (χ4v) is 2.08. The summed E-state index contributed by atoms with van der Waals surface area (Å²) in [6.45, 7) is 1.88. The molecule has 0 saturated carbocycles. The molecule has 0 heterocycles. The van der Waals surface area contributed by atoms with Crippen LogP contribution in [0, 0.1) is 6.92 Å². The van der Waals surface area contributed by atoms with Crippen molar-refractivity contribution in [3.63, 3.8) is 0 Å². The average Bonchev–Trinajstić information content (AvgIpc) is 2.17. The van der Waals surface area contributed by atoms with Gasteiger partial charge in [0, 0.05) is 0 Å². The number of aryl methyl sites for hydroxylation is 1. The third-order valence-corrected chi connectivity index (χ3v) is 3.46. The molecule has 0 spiro atoms. The summed E-state index contributed by atoms with van der Waals surface area (Å²) >= 11 is 0. The minimum absolute atomic E-state index is 0.00562. The van der Waals surface area contributed by atoms with Crippen molar-refractivity contribution in [2.75, 3.05) is 14.2 Å². The predicted molar refractivity (Wildman–Crippen MR) is 59.4 cm³/mol. The van der Waals surface area contributed by atoms with Crippen molar-refractivity contribution in [3.05, 3.63) is 29.3 Å². The number of hydrogen-bond acceptors (Lipinski definition) is 3. The van der Waals surface area contributed by atoms with Gasteiger partial charge in [0.25, 0.3) is 0 Å². The highest BCUT2D eigenvalue weighted by molar-refractivity contribution is 7.88. The highest BCUT2D eigenvalue weighted by Crippen LogP contribution is 2.19. The Bertz CT molecular complexity index is 440. The van der Waals surface area contributed by atoms with Crippen molar-refractivity contribution in [2.24, 2.45) is 0 Å². The molecule has 0 amide bonds. The van der Waals surface area contributed by atoms with Crippen LogP contribution in [0.15, 0.2) is 18.2 Å². The van der Waals surface area contributed by atoms with Crippen molar-refractivity contribution in [1.82, 2.24) is 4.72 Å². The minimum Gasteiger partial charge on any atom is -0.496 e. The predicted octanol–water partition coefficient (Wildman–Crippen LogP) is 1.05. The molecule has 0 aliphatic carbocycles. The molecule has 0 fully saturated rings. The molecule has 0 saturated heterocycles. The SMILES string of the molecule is CNS(=O)(=O)Cc1ccc(OC)c(C)c1. The first-order valence-electron chi connectivity index (χ1n) is 4.53. The lowest BCUT2D eigenvalue weighted by molar-refractivity contribution is 0.411. The molecule has 0 aliphatic heterocycles. The molecule has 0 atom stereocenters. The van der Waals surface area contributed by atoms with E-state index in [9.17, 15) is 8.42 Å². The maximum atomic E-state index is 11.3. The monoisotopic (exact) mass is 229 g/mol. The van der Waals surface area contributed by atoms with Gasteiger partial charge in [0.1, 0.15) is 5.75 Å². The summed E-state index contributed by atoms with van der Waals surface area (Å²) in [5, 5.41) is 0. The Morgan fingerprint density at radius 1 is 1.40 bits per heavy atom. The fourth-order valence-electron chi connectivity index (χ4n) is 1.32. The Morgan fingerprint density at radius 2 is 2.07 bits per heavy atom. The van der Waals surface area contributed by atoms with Gasteiger partial charge >= 0.3 is 0 Å². The quantitative estimate of drug-likeness (QED) is 0.839. The lowest BCUT2D eigenvalue weighted by Gasteiger charge is -2.07. The molecule has 0 radical (unpaired) electrons. The van der Waals surface area contributed by atoms with Crippen LogP contribution in [0.5, 0.6) is 5.75 Å². The van der Waals surface area contributed by atoms with Gasteiger partial charge in [-0.2, -0.15) is 0 Å². The zero-order valence-corrected chi connectivity index (χ0v) is 9.89. The van der Waals surface area contributed by atoms with Crippen molar-refractivity contribution in [3.8, 4) is 5.75 Å². The second kappa shape index (κ2) is 4.63. The maximum Gasteiger partial charge on any atom is 0.215 e. The summed E-state index contributed by atoms with van der Waals surface area (Å²) in [5.74, 6) is 0.759. The molecule has 1 aromatic carbocycles. The summed E-state index contributed by atoms with van der Waals surface area (Å²) < 4.78 is 30.0. The minimum atomic E-state index is -3.20. The summed E-state index contributed by atoms with van der Waals surface area (Å²) in [6.07, 6.45) is 0. The number of hydrogen-bond donors (Lipinski definition) is 1. The zero-order chi connectivity index (χ0) is 11.5. The first kappa shape index (κ1) is 12.0. The van der Waals surface area contributed by atoms with Gasteiger partial charge < -0.3 is 4.74 Å². The van der Waals surface area contributed by atoms with Crippen molar-refractivity contribution in [1.29, 1.82) is 0 Å². The molecule has 0 aromatic heterocycles. The molecule has 0 unspecified atom stereocenters. The second-order valence-corrected chi connectivity index (χ2v) is 5.19. The topological polar surface area (TPSA) is 55.4 Å². The van der Waals surface area contributed by atoms with Gasteiger partial charge in [0.05, 0.1) is 12.9 Å². The highest BCUT2D eigenvalue weighted by atomic mass is 32.2. The van der Waals surface area contributed by atoms with E-state index >= 15 is 0 Å². The van der Waals surface area contributed by atoms with Gasteiger partial charge in [-0.25, -0.2) is 13.1 Å². The number of sulfonamides is 1. The summed E-state index contributed by atoms with van der Waals surface area (Å²) in [4.78, 5) is 0. The van der Waals surface area contributed by atoms with Gasteiger partial charge in [-0.05, 0) is 31.2 Å². The molecular formula is C10H15NO3S. The first-order chi connectivity index (χ1) is 6.98. The van der Waals surface area contributed by atoms with Gasteiger partial charge in [-0.15, -0.1) is 0 Å². The van der Waals surface area contributed by atoms with E-state index in [0.717, 1.165) is 16.9 Å². The van der Waals surface area contributed by atoms with E-state index < -0.39 is 10.0 Å². The Morgan fingerprint density at radius 3 is 2.53 bits per heavy atom. The molecule has 0 aliphatic rings. The molecule has 1 rings (SSSR count). The smallest absolute Gasteiger partial charge is 0.215 e. The molecule has 15 heavy (non-hydrogen) atoms. The third-order valence-electron chi connectivity index (χ3n) is 2.13. The van der Waals surface area contributed by atoms with Crippen LogP contribution in [-0.2, 0) is 15.8 Å². The maximum absolute atomic E-state index is 11.3. The van der Waals surface area contributed by atoms with Crippen LogP contribution >= 0.6 is 0 Å². The highest BCUT2D eigenvalue weighted by Gasteiger charge is 2.09. The van der Waals surface area contributed by atoms with Crippen molar-refractivity contribution >= 4 is 10.0 Å². The normalized spacial score (nSPS) is 11.4. The molecule has 4 nitrogen and oxygen atoms in total. The van der Waals surface area contributed by atoms with Crippen LogP contribution in [0.25, 0.3) is 0 Å². The van der Waals surface area contributed by atoms with Gasteiger partial charge in [-0.1, -0.05) is 12.1 Å². The van der Waals surface area contributed by atoms with E-state index in [1.54, 1.807) is 19.2 Å². The summed E-state index contributed by atoms with van der Waals surface area (Å²) in [6, 6.07) is 5.34. The molecular weight excluding hydrogens is 214 g/mol. The van der Waals surface area contributed by atoms with Crippen LogP contribution in [0.1, 0.15) is 11.1 Å². The Labute approximate surface area is 90.3 Å². The van der Waals surface area contributed by atoms with Crippen LogP contribution in [0.2, 0.25) is 0 Å². The lowest BCUT2D eigenvalue weighted by atomic mass is 10.1. The Kier molecular flexibility index (Phi) is 3.71. The standard InChI is InChI=1S/C10H15NO3S/c1-8-6-9(4-5-10(8)14-3)7-15(12,13)11-2/h4-6,11H,7H2,1-3H3. The molecule has 5 heteroatoms. The summed E-state index contributed by atoms with van der Waals surface area (Å²) in [7, 11) is -0.202. The second-order valence-electron chi connectivity index (χ2n) is 3.27. The van der Waals surface area contributed by atoms with Gasteiger partial charge in [-0.3, -0.25) is 0 Å². The first-order valence-corrected chi connectivity index (χ1v) is 6.18. The van der Waals surface area contributed by atoms with Crippen LogP contribution in [-0.4, -0.2) is 22.6 Å². The van der Waals surface area contributed by atoms with Crippen LogP contribution < -0.4 is 9.46 Å². The van der Waals surface area contributed by atoms with Crippen molar-refractivity contribution in [2.45, 2.75) is 12.7 Å². The third kappa shape index (κ3) is 3.21.